The van der Waals surface area contributed by atoms with Crippen LogP contribution < -0.4 is 5.32 Å². The number of rotatable bonds is 4. The van der Waals surface area contributed by atoms with Crippen LogP contribution in [0.3, 0.4) is 0 Å². The fourth-order valence-corrected chi connectivity index (χ4v) is 2.31. The Bertz CT molecular complexity index is 682. The molecule has 1 amide bonds. The van der Waals surface area contributed by atoms with Crippen molar-refractivity contribution in [3.8, 4) is 11.1 Å². The van der Waals surface area contributed by atoms with Crippen LogP contribution in [0.2, 0.25) is 0 Å². The second-order valence-electron chi connectivity index (χ2n) is 7.15. The molecule has 1 aromatic carbocycles. The summed E-state index contributed by atoms with van der Waals surface area (Å²) in [6, 6.07) is 9.93. The molecule has 1 N–H and O–H groups in total. The highest BCUT2D eigenvalue weighted by Crippen LogP contribution is 2.24. The first-order chi connectivity index (χ1) is 10.8. The van der Waals surface area contributed by atoms with Gasteiger partial charge in [-0.15, -0.1) is 0 Å². The van der Waals surface area contributed by atoms with E-state index in [2.05, 4.69) is 44.1 Å². The highest BCUT2D eigenvalue weighted by atomic mass is 16.1. The van der Waals surface area contributed by atoms with Crippen LogP contribution in [0, 0.1) is 12.3 Å². The lowest BCUT2D eigenvalue weighted by Gasteiger charge is -2.18. The van der Waals surface area contributed by atoms with Crippen LogP contribution in [-0.2, 0) is 6.42 Å². The van der Waals surface area contributed by atoms with E-state index in [-0.39, 0.29) is 11.3 Å². The standard InChI is InChI=1S/C20H26N2O/c1-6-15-11-18(14(2)21-12-15)16-7-9-17(10-8-16)19(23)22-13-20(3,4)5/h7-12H,6,13H2,1-5H3,(H,22,23). The zero-order valence-corrected chi connectivity index (χ0v) is 14.7. The van der Waals surface area contributed by atoms with E-state index in [9.17, 15) is 4.79 Å². The molecule has 3 heteroatoms. The van der Waals surface area contributed by atoms with Crippen molar-refractivity contribution in [2.24, 2.45) is 5.41 Å². The largest absolute Gasteiger partial charge is 0.352 e. The average molecular weight is 310 g/mol. The third kappa shape index (κ3) is 4.65. The number of aromatic nitrogens is 1. The molecule has 3 nitrogen and oxygen atoms in total. The molecule has 122 valence electrons. The molecule has 0 fully saturated rings. The Balaban J connectivity index is 2.18. The number of nitrogens with one attached hydrogen (secondary N) is 1. The Kier molecular flexibility index (Phi) is 5.19. The summed E-state index contributed by atoms with van der Waals surface area (Å²) in [6.07, 6.45) is 2.89. The molecular formula is C20H26N2O. The number of nitrogens with zero attached hydrogens (tertiary/aromatic N) is 1. The van der Waals surface area contributed by atoms with E-state index in [1.807, 2.05) is 37.4 Å². The second-order valence-corrected chi connectivity index (χ2v) is 7.15. The molecule has 0 aliphatic carbocycles. The minimum absolute atomic E-state index is 0.0244. The Morgan fingerprint density at radius 1 is 1.17 bits per heavy atom. The number of hydrogen-bond donors (Lipinski definition) is 1. The van der Waals surface area contributed by atoms with Crippen molar-refractivity contribution in [1.29, 1.82) is 0 Å². The van der Waals surface area contributed by atoms with Gasteiger partial charge in [0, 0.05) is 29.6 Å². The Labute approximate surface area is 139 Å². The van der Waals surface area contributed by atoms with Crippen LogP contribution in [0.15, 0.2) is 36.5 Å². The van der Waals surface area contributed by atoms with E-state index in [1.54, 1.807) is 0 Å². The molecule has 0 saturated carbocycles. The minimum Gasteiger partial charge on any atom is -0.352 e. The summed E-state index contributed by atoms with van der Waals surface area (Å²) in [7, 11) is 0. The summed E-state index contributed by atoms with van der Waals surface area (Å²) < 4.78 is 0. The van der Waals surface area contributed by atoms with Crippen LogP contribution in [0.25, 0.3) is 11.1 Å². The molecule has 0 saturated heterocycles. The van der Waals surface area contributed by atoms with Crippen molar-refractivity contribution in [2.75, 3.05) is 6.54 Å². The average Bonchev–Trinajstić information content (AvgIpc) is 2.52. The predicted octanol–water partition coefficient (Wildman–Crippen LogP) is 4.40. The maximum absolute atomic E-state index is 12.2. The van der Waals surface area contributed by atoms with Gasteiger partial charge in [0.25, 0.3) is 5.91 Å². The lowest BCUT2D eigenvalue weighted by Crippen LogP contribution is -2.32. The Morgan fingerprint density at radius 2 is 1.83 bits per heavy atom. The zero-order valence-electron chi connectivity index (χ0n) is 14.7. The lowest BCUT2D eigenvalue weighted by atomic mass is 9.96. The number of aryl methyl sites for hydroxylation is 2. The topological polar surface area (TPSA) is 42.0 Å². The van der Waals surface area contributed by atoms with Crippen LogP contribution in [0.1, 0.15) is 49.3 Å². The summed E-state index contributed by atoms with van der Waals surface area (Å²) in [5, 5.41) is 2.98. The first kappa shape index (κ1) is 17.2. The highest BCUT2D eigenvalue weighted by Gasteiger charge is 2.13. The Hall–Kier alpha value is -2.16. The molecule has 23 heavy (non-hydrogen) atoms. The molecule has 2 rings (SSSR count). The van der Waals surface area contributed by atoms with Crippen molar-refractivity contribution in [3.05, 3.63) is 53.3 Å². The molecule has 1 aromatic heterocycles. The molecule has 0 bridgehead atoms. The molecular weight excluding hydrogens is 284 g/mol. The first-order valence-corrected chi connectivity index (χ1v) is 8.14. The molecule has 0 aliphatic rings. The summed E-state index contributed by atoms with van der Waals surface area (Å²) in [5.41, 5.74) is 5.22. The van der Waals surface area contributed by atoms with Gasteiger partial charge in [0.1, 0.15) is 0 Å². The third-order valence-electron chi connectivity index (χ3n) is 3.79. The van der Waals surface area contributed by atoms with Crippen LogP contribution in [0.4, 0.5) is 0 Å². The van der Waals surface area contributed by atoms with Crippen LogP contribution in [0.5, 0.6) is 0 Å². The third-order valence-corrected chi connectivity index (χ3v) is 3.79. The van der Waals surface area contributed by atoms with Gasteiger partial charge in [-0.05, 0) is 48.1 Å². The van der Waals surface area contributed by atoms with Crippen molar-refractivity contribution in [1.82, 2.24) is 10.3 Å². The number of carbonyl (C=O) groups excluding carboxylic acids is 1. The number of carbonyl (C=O) groups is 1. The van der Waals surface area contributed by atoms with Crippen molar-refractivity contribution in [3.63, 3.8) is 0 Å². The van der Waals surface area contributed by atoms with Gasteiger partial charge in [-0.1, -0.05) is 39.8 Å². The van der Waals surface area contributed by atoms with Crippen molar-refractivity contribution in [2.45, 2.75) is 41.0 Å². The summed E-state index contributed by atoms with van der Waals surface area (Å²) in [5.74, 6) is -0.0244. The van der Waals surface area contributed by atoms with E-state index in [1.165, 1.54) is 5.56 Å². The van der Waals surface area contributed by atoms with Gasteiger partial charge in [0.05, 0.1) is 0 Å². The molecule has 1 heterocycles. The fraction of sp³-hybridized carbons (Fsp3) is 0.400. The van der Waals surface area contributed by atoms with E-state index in [0.29, 0.717) is 12.1 Å². The summed E-state index contributed by atoms with van der Waals surface area (Å²) >= 11 is 0. The van der Waals surface area contributed by atoms with Gasteiger partial charge in [-0.3, -0.25) is 9.78 Å². The maximum Gasteiger partial charge on any atom is 0.251 e. The first-order valence-electron chi connectivity index (χ1n) is 8.14. The molecule has 2 aromatic rings. The zero-order chi connectivity index (χ0) is 17.0. The number of amides is 1. The molecule has 0 aliphatic heterocycles. The van der Waals surface area contributed by atoms with Crippen LogP contribution in [-0.4, -0.2) is 17.4 Å². The number of pyridine rings is 1. The molecule has 0 atom stereocenters. The van der Waals surface area contributed by atoms with E-state index < -0.39 is 0 Å². The molecule has 0 radical (unpaired) electrons. The van der Waals surface area contributed by atoms with Crippen molar-refractivity contribution >= 4 is 5.91 Å². The molecule has 0 spiro atoms. The van der Waals surface area contributed by atoms with E-state index >= 15 is 0 Å². The summed E-state index contributed by atoms with van der Waals surface area (Å²) in [4.78, 5) is 16.6. The van der Waals surface area contributed by atoms with E-state index in [4.69, 9.17) is 0 Å². The second kappa shape index (κ2) is 6.95. The quantitative estimate of drug-likeness (QED) is 0.909. The lowest BCUT2D eigenvalue weighted by molar-refractivity contribution is 0.0939. The van der Waals surface area contributed by atoms with Gasteiger partial charge in [0.15, 0.2) is 0 Å². The Morgan fingerprint density at radius 3 is 2.39 bits per heavy atom. The minimum atomic E-state index is -0.0244. The predicted molar refractivity (Wildman–Crippen MR) is 95.6 cm³/mol. The van der Waals surface area contributed by atoms with Gasteiger partial charge < -0.3 is 5.32 Å². The molecule has 0 unspecified atom stereocenters. The SMILES string of the molecule is CCc1cnc(C)c(-c2ccc(C(=O)NCC(C)(C)C)cc2)c1. The van der Waals surface area contributed by atoms with Gasteiger partial charge in [-0.25, -0.2) is 0 Å². The monoisotopic (exact) mass is 310 g/mol. The van der Waals surface area contributed by atoms with Gasteiger partial charge in [-0.2, -0.15) is 0 Å². The normalized spacial score (nSPS) is 11.3. The summed E-state index contributed by atoms with van der Waals surface area (Å²) in [6.45, 7) is 11.1. The smallest absolute Gasteiger partial charge is 0.251 e. The van der Waals surface area contributed by atoms with Crippen molar-refractivity contribution < 1.29 is 4.79 Å². The maximum atomic E-state index is 12.2. The van der Waals surface area contributed by atoms with E-state index in [0.717, 1.165) is 23.2 Å². The number of hydrogen-bond acceptors (Lipinski definition) is 2. The number of benzene rings is 1. The fourth-order valence-electron chi connectivity index (χ4n) is 2.31. The van der Waals surface area contributed by atoms with Gasteiger partial charge >= 0.3 is 0 Å². The highest BCUT2D eigenvalue weighted by molar-refractivity contribution is 5.94. The van der Waals surface area contributed by atoms with Gasteiger partial charge in [0.2, 0.25) is 0 Å². The van der Waals surface area contributed by atoms with Crippen LogP contribution >= 0.6 is 0 Å².